The molecule has 4 heteroatoms. The normalized spacial score (nSPS) is 11.4. The number of rotatable bonds is 6. The van der Waals surface area contributed by atoms with Crippen LogP contribution < -0.4 is 0 Å². The van der Waals surface area contributed by atoms with Gasteiger partial charge >= 0.3 is 0 Å². The smallest absolute Gasteiger partial charge is 0.0630 e. The summed E-state index contributed by atoms with van der Waals surface area (Å²) in [5.74, 6) is 0. The Balaban J connectivity index is 1.35. The Bertz CT molecular complexity index is 1080. The van der Waals surface area contributed by atoms with Crippen molar-refractivity contribution >= 4 is 47.0 Å². The molecule has 0 atom stereocenters. The lowest BCUT2D eigenvalue weighted by Crippen LogP contribution is -1.87. The number of halogens is 2. The van der Waals surface area contributed by atoms with Crippen LogP contribution in [0.2, 0.25) is 10.0 Å². The zero-order chi connectivity index (χ0) is 21.5. The standard InChI is InChI=1S/C27H20Cl2N2/c28-24-9-1-22(2-10-24)18-30-26-13-5-20(6-14-26)17-21-7-15-27(16-8-21)31-19-23-3-11-25(29)12-4-23/h1-16,18-19H,17H2. The molecule has 0 heterocycles. The molecule has 0 aliphatic heterocycles. The highest BCUT2D eigenvalue weighted by Crippen LogP contribution is 2.19. The summed E-state index contributed by atoms with van der Waals surface area (Å²) < 4.78 is 0. The Morgan fingerprint density at radius 1 is 0.484 bits per heavy atom. The number of hydrogen-bond acceptors (Lipinski definition) is 2. The van der Waals surface area contributed by atoms with Gasteiger partial charge in [-0.15, -0.1) is 0 Å². The lowest BCUT2D eigenvalue weighted by Gasteiger charge is -2.03. The van der Waals surface area contributed by atoms with Crippen LogP contribution in [0.4, 0.5) is 11.4 Å². The van der Waals surface area contributed by atoms with E-state index in [1.165, 1.54) is 11.1 Å². The highest BCUT2D eigenvalue weighted by Gasteiger charge is 1.98. The predicted octanol–water partition coefficient (Wildman–Crippen LogP) is 8.09. The van der Waals surface area contributed by atoms with Crippen LogP contribution in [0.3, 0.4) is 0 Å². The summed E-state index contributed by atoms with van der Waals surface area (Å²) in [7, 11) is 0. The SMILES string of the molecule is Clc1ccc(C=Nc2ccc(Cc3ccc(N=Cc4ccc(Cl)cc4)cc3)cc2)cc1. The second-order valence-corrected chi connectivity index (χ2v) is 8.00. The van der Waals surface area contributed by atoms with Crippen molar-refractivity contribution in [1.29, 1.82) is 0 Å². The molecule has 4 rings (SSSR count). The van der Waals surface area contributed by atoms with Crippen LogP contribution in [0.25, 0.3) is 0 Å². The first-order chi connectivity index (χ1) is 15.1. The second kappa shape index (κ2) is 10.2. The van der Waals surface area contributed by atoms with E-state index >= 15 is 0 Å². The van der Waals surface area contributed by atoms with Gasteiger partial charge in [0.1, 0.15) is 0 Å². The van der Waals surface area contributed by atoms with E-state index in [0.29, 0.717) is 0 Å². The summed E-state index contributed by atoms with van der Waals surface area (Å²) in [6.07, 6.45) is 4.55. The fraction of sp³-hybridized carbons (Fsp3) is 0.0370. The van der Waals surface area contributed by atoms with E-state index in [1.807, 2.05) is 85.2 Å². The molecule has 0 spiro atoms. The summed E-state index contributed by atoms with van der Waals surface area (Å²) in [5.41, 5.74) is 6.36. The fourth-order valence-corrected chi connectivity index (χ4v) is 3.28. The van der Waals surface area contributed by atoms with E-state index in [1.54, 1.807) is 0 Å². The van der Waals surface area contributed by atoms with Crippen LogP contribution in [0, 0.1) is 0 Å². The first kappa shape index (κ1) is 21.0. The molecule has 0 amide bonds. The minimum Gasteiger partial charge on any atom is -0.256 e. The van der Waals surface area contributed by atoms with Gasteiger partial charge in [-0.3, -0.25) is 9.98 Å². The number of aliphatic imine (C=N–C) groups is 2. The molecule has 0 saturated heterocycles. The molecule has 0 saturated carbocycles. The summed E-state index contributed by atoms with van der Waals surface area (Å²) in [4.78, 5) is 9.05. The molecule has 2 nitrogen and oxygen atoms in total. The van der Waals surface area contributed by atoms with Crippen molar-refractivity contribution in [2.45, 2.75) is 6.42 Å². The highest BCUT2D eigenvalue weighted by molar-refractivity contribution is 6.30. The third kappa shape index (κ3) is 6.39. The molecule has 0 bridgehead atoms. The third-order valence-corrected chi connectivity index (χ3v) is 5.25. The van der Waals surface area contributed by atoms with Gasteiger partial charge in [-0.05, 0) is 77.2 Å². The van der Waals surface area contributed by atoms with Crippen LogP contribution >= 0.6 is 23.2 Å². The minimum atomic E-state index is 0.725. The van der Waals surface area contributed by atoms with Crippen LogP contribution in [-0.4, -0.2) is 12.4 Å². The van der Waals surface area contributed by atoms with Gasteiger partial charge in [0, 0.05) is 22.5 Å². The molecule has 0 fully saturated rings. The van der Waals surface area contributed by atoms with Gasteiger partial charge in [-0.25, -0.2) is 0 Å². The zero-order valence-electron chi connectivity index (χ0n) is 16.7. The molecule has 152 valence electrons. The Labute approximate surface area is 192 Å². The average Bonchev–Trinajstić information content (AvgIpc) is 2.80. The van der Waals surface area contributed by atoms with Crippen LogP contribution in [0.15, 0.2) is 107 Å². The third-order valence-electron chi connectivity index (χ3n) is 4.75. The fourth-order valence-electron chi connectivity index (χ4n) is 3.03. The average molecular weight is 443 g/mol. The lowest BCUT2D eigenvalue weighted by molar-refractivity contribution is 1.19. The molecule has 0 N–H and O–H groups in total. The number of hydrogen-bond donors (Lipinski definition) is 0. The van der Waals surface area contributed by atoms with Crippen LogP contribution in [-0.2, 0) is 6.42 Å². The molecule has 4 aromatic rings. The van der Waals surface area contributed by atoms with Gasteiger partial charge in [0.25, 0.3) is 0 Å². The molecular weight excluding hydrogens is 423 g/mol. The van der Waals surface area contributed by atoms with Gasteiger partial charge in [0.15, 0.2) is 0 Å². The van der Waals surface area contributed by atoms with Gasteiger partial charge in [-0.2, -0.15) is 0 Å². The molecular formula is C27H20Cl2N2. The number of nitrogens with zero attached hydrogens (tertiary/aromatic N) is 2. The Kier molecular flexibility index (Phi) is 6.93. The lowest BCUT2D eigenvalue weighted by atomic mass is 10.0. The van der Waals surface area contributed by atoms with Crippen molar-refractivity contribution in [2.24, 2.45) is 9.98 Å². The van der Waals surface area contributed by atoms with Crippen molar-refractivity contribution in [3.63, 3.8) is 0 Å². The maximum atomic E-state index is 5.91. The van der Waals surface area contributed by atoms with Crippen molar-refractivity contribution < 1.29 is 0 Å². The maximum Gasteiger partial charge on any atom is 0.0630 e. The van der Waals surface area contributed by atoms with E-state index in [9.17, 15) is 0 Å². The summed E-state index contributed by atoms with van der Waals surface area (Å²) >= 11 is 11.8. The van der Waals surface area contributed by atoms with E-state index in [-0.39, 0.29) is 0 Å². The zero-order valence-corrected chi connectivity index (χ0v) is 18.3. The van der Waals surface area contributed by atoms with Gasteiger partial charge in [-0.1, -0.05) is 71.7 Å². The van der Waals surface area contributed by atoms with E-state index in [0.717, 1.165) is 39.0 Å². The van der Waals surface area contributed by atoms with Gasteiger partial charge in [0.05, 0.1) is 11.4 Å². The minimum absolute atomic E-state index is 0.725. The number of benzene rings is 4. The molecule has 0 aromatic heterocycles. The maximum absolute atomic E-state index is 5.91. The summed E-state index contributed by atoms with van der Waals surface area (Å²) in [6.45, 7) is 0. The van der Waals surface area contributed by atoms with E-state index < -0.39 is 0 Å². The molecule has 0 radical (unpaired) electrons. The van der Waals surface area contributed by atoms with Crippen LogP contribution in [0.1, 0.15) is 22.3 Å². The molecule has 0 aliphatic rings. The topological polar surface area (TPSA) is 24.7 Å². The van der Waals surface area contributed by atoms with Crippen LogP contribution in [0.5, 0.6) is 0 Å². The Morgan fingerprint density at radius 2 is 0.839 bits per heavy atom. The van der Waals surface area contributed by atoms with Gasteiger partial charge in [0.2, 0.25) is 0 Å². The summed E-state index contributed by atoms with van der Waals surface area (Å²) in [5, 5.41) is 1.45. The Hall–Kier alpha value is -3.20. The first-order valence-corrected chi connectivity index (χ1v) is 10.7. The highest BCUT2D eigenvalue weighted by atomic mass is 35.5. The van der Waals surface area contributed by atoms with E-state index in [2.05, 4.69) is 34.3 Å². The van der Waals surface area contributed by atoms with Crippen molar-refractivity contribution in [2.75, 3.05) is 0 Å². The molecule has 31 heavy (non-hydrogen) atoms. The summed E-state index contributed by atoms with van der Waals surface area (Å²) in [6, 6.07) is 31.8. The molecule has 4 aromatic carbocycles. The predicted molar refractivity (Wildman–Crippen MR) is 133 cm³/mol. The van der Waals surface area contributed by atoms with Crippen molar-refractivity contribution in [3.05, 3.63) is 129 Å². The van der Waals surface area contributed by atoms with E-state index in [4.69, 9.17) is 23.2 Å². The monoisotopic (exact) mass is 442 g/mol. The second-order valence-electron chi connectivity index (χ2n) is 7.13. The van der Waals surface area contributed by atoms with Crippen molar-refractivity contribution in [3.8, 4) is 0 Å². The first-order valence-electron chi connectivity index (χ1n) is 9.91. The van der Waals surface area contributed by atoms with Gasteiger partial charge < -0.3 is 0 Å². The Morgan fingerprint density at radius 3 is 1.19 bits per heavy atom. The molecule has 0 aliphatic carbocycles. The molecule has 0 unspecified atom stereocenters. The quantitative estimate of drug-likeness (QED) is 0.269. The largest absolute Gasteiger partial charge is 0.256 e. The van der Waals surface area contributed by atoms with Crippen molar-refractivity contribution in [1.82, 2.24) is 0 Å².